The quantitative estimate of drug-likeness (QED) is 0.824. The molecule has 1 aromatic heterocycles. The van der Waals surface area contributed by atoms with Crippen molar-refractivity contribution in [2.24, 2.45) is 0 Å². The minimum atomic E-state index is 0.208. The maximum absolute atomic E-state index is 6.00. The van der Waals surface area contributed by atoms with Crippen LogP contribution < -0.4 is 0 Å². The molecule has 6 heteroatoms. The lowest BCUT2D eigenvalue weighted by Gasteiger charge is -2.26. The zero-order valence-corrected chi connectivity index (χ0v) is 14.4. The molecule has 3 rings (SSSR count). The standard InChI is InChI=1S/C15H13BrClN3S/c1-20-9-12(17)6-7-14(20)21-13-8-18-19-15(13)10-2-4-11(16)5-3-10/h2-9,14H,1H3,(H,18,19). The van der Waals surface area contributed by atoms with E-state index in [1.165, 1.54) is 0 Å². The minimum Gasteiger partial charge on any atom is -0.363 e. The van der Waals surface area contributed by atoms with E-state index in [0.29, 0.717) is 0 Å². The Balaban J connectivity index is 1.83. The van der Waals surface area contributed by atoms with Crippen molar-refractivity contribution in [2.45, 2.75) is 10.3 Å². The molecule has 0 saturated heterocycles. The van der Waals surface area contributed by atoms with E-state index in [9.17, 15) is 0 Å². The van der Waals surface area contributed by atoms with Crippen molar-refractivity contribution >= 4 is 39.3 Å². The van der Waals surface area contributed by atoms with Crippen LogP contribution in [0.3, 0.4) is 0 Å². The van der Waals surface area contributed by atoms with Gasteiger partial charge in [0, 0.05) is 23.3 Å². The summed E-state index contributed by atoms with van der Waals surface area (Å²) in [7, 11) is 2.02. The van der Waals surface area contributed by atoms with Crippen LogP contribution in [0.25, 0.3) is 11.3 Å². The van der Waals surface area contributed by atoms with E-state index in [1.807, 2.05) is 37.7 Å². The highest BCUT2D eigenvalue weighted by Gasteiger charge is 2.18. The number of likely N-dealkylation sites (N-methyl/N-ethyl adjacent to an activating group) is 1. The molecule has 1 unspecified atom stereocenters. The first-order valence-electron chi connectivity index (χ1n) is 6.37. The molecule has 0 aliphatic carbocycles. The van der Waals surface area contributed by atoms with Crippen LogP contribution in [-0.4, -0.2) is 27.5 Å². The normalized spacial score (nSPS) is 18.0. The van der Waals surface area contributed by atoms with Crippen molar-refractivity contribution < 1.29 is 0 Å². The molecular weight excluding hydrogens is 370 g/mol. The molecule has 1 atom stereocenters. The topological polar surface area (TPSA) is 31.9 Å². The number of benzene rings is 1. The molecule has 0 amide bonds. The van der Waals surface area contributed by atoms with Gasteiger partial charge in [0.2, 0.25) is 0 Å². The fourth-order valence-electron chi connectivity index (χ4n) is 2.06. The molecule has 2 aromatic rings. The fourth-order valence-corrected chi connectivity index (χ4v) is 3.59. The number of aromatic amines is 1. The van der Waals surface area contributed by atoms with Crippen LogP contribution in [-0.2, 0) is 0 Å². The van der Waals surface area contributed by atoms with Gasteiger partial charge in [-0.15, -0.1) is 0 Å². The van der Waals surface area contributed by atoms with Crippen molar-refractivity contribution in [1.29, 1.82) is 0 Å². The van der Waals surface area contributed by atoms with Crippen LogP contribution in [0.1, 0.15) is 0 Å². The average Bonchev–Trinajstić information content (AvgIpc) is 2.91. The summed E-state index contributed by atoms with van der Waals surface area (Å²) in [6.07, 6.45) is 7.81. The van der Waals surface area contributed by atoms with Crippen molar-refractivity contribution in [3.8, 4) is 11.3 Å². The molecule has 1 N–H and O–H groups in total. The molecular formula is C15H13BrClN3S. The lowest BCUT2D eigenvalue weighted by atomic mass is 10.2. The molecule has 0 spiro atoms. The third kappa shape index (κ3) is 3.36. The number of H-pyrrole nitrogens is 1. The van der Waals surface area contributed by atoms with Gasteiger partial charge in [-0.05, 0) is 18.2 Å². The number of halogens is 2. The summed E-state index contributed by atoms with van der Waals surface area (Å²) in [5.74, 6) is 0. The number of aromatic nitrogens is 2. The first kappa shape index (κ1) is 14.8. The van der Waals surface area contributed by atoms with E-state index in [-0.39, 0.29) is 5.37 Å². The molecule has 0 fully saturated rings. The van der Waals surface area contributed by atoms with Gasteiger partial charge in [-0.25, -0.2) is 0 Å². The molecule has 108 valence electrons. The van der Waals surface area contributed by atoms with Crippen LogP contribution in [0.2, 0.25) is 0 Å². The molecule has 0 saturated carbocycles. The molecule has 21 heavy (non-hydrogen) atoms. The zero-order valence-electron chi connectivity index (χ0n) is 11.3. The van der Waals surface area contributed by atoms with Gasteiger partial charge in [0.15, 0.2) is 0 Å². The van der Waals surface area contributed by atoms with Gasteiger partial charge in [0.1, 0.15) is 0 Å². The van der Waals surface area contributed by atoms with Gasteiger partial charge >= 0.3 is 0 Å². The highest BCUT2D eigenvalue weighted by atomic mass is 79.9. The largest absolute Gasteiger partial charge is 0.363 e. The Morgan fingerprint density at radius 2 is 2.10 bits per heavy atom. The Kier molecular flexibility index (Phi) is 4.42. The Morgan fingerprint density at radius 3 is 2.81 bits per heavy atom. The number of thioether (sulfide) groups is 1. The first-order chi connectivity index (χ1) is 10.1. The first-order valence-corrected chi connectivity index (χ1v) is 8.42. The number of nitrogens with zero attached hydrogens (tertiary/aromatic N) is 2. The molecule has 3 nitrogen and oxygen atoms in total. The lowest BCUT2D eigenvalue weighted by molar-refractivity contribution is 0.472. The summed E-state index contributed by atoms with van der Waals surface area (Å²) in [5, 5.41) is 8.22. The number of hydrogen-bond donors (Lipinski definition) is 1. The number of rotatable bonds is 3. The second-order valence-electron chi connectivity index (χ2n) is 4.66. The third-order valence-electron chi connectivity index (χ3n) is 3.13. The number of allylic oxidation sites excluding steroid dienone is 2. The second-order valence-corrected chi connectivity index (χ2v) is 7.17. The van der Waals surface area contributed by atoms with Gasteiger partial charge in [-0.1, -0.05) is 57.5 Å². The number of hydrogen-bond acceptors (Lipinski definition) is 3. The molecule has 2 heterocycles. The van der Waals surface area contributed by atoms with Crippen LogP contribution >= 0.6 is 39.3 Å². The summed E-state index contributed by atoms with van der Waals surface area (Å²) < 4.78 is 1.06. The second kappa shape index (κ2) is 6.30. The highest BCUT2D eigenvalue weighted by Crippen LogP contribution is 2.35. The fraction of sp³-hybridized carbons (Fsp3) is 0.133. The monoisotopic (exact) mass is 381 g/mol. The Hall–Kier alpha value is -1.17. The maximum Gasteiger partial charge on any atom is 0.0979 e. The predicted octanol–water partition coefficient (Wildman–Crippen LogP) is 4.84. The Morgan fingerprint density at radius 1 is 1.33 bits per heavy atom. The SMILES string of the molecule is CN1C=C(Cl)C=CC1Sc1cn[nH]c1-c1ccc(Br)cc1. The smallest absolute Gasteiger partial charge is 0.0979 e. The Labute approximate surface area is 141 Å². The van der Waals surface area contributed by atoms with Gasteiger partial charge < -0.3 is 4.90 Å². The van der Waals surface area contributed by atoms with Crippen LogP contribution in [0.15, 0.2) is 63.2 Å². The minimum absolute atomic E-state index is 0.208. The Bertz CT molecular complexity index is 693. The summed E-state index contributed by atoms with van der Waals surface area (Å²) in [6.45, 7) is 0. The predicted molar refractivity (Wildman–Crippen MR) is 92.2 cm³/mol. The van der Waals surface area contributed by atoms with Crippen molar-refractivity contribution in [1.82, 2.24) is 15.1 Å². The van der Waals surface area contributed by atoms with Gasteiger partial charge in [-0.3, -0.25) is 5.10 Å². The number of nitrogens with one attached hydrogen (secondary N) is 1. The average molecular weight is 383 g/mol. The van der Waals surface area contributed by atoms with Gasteiger partial charge in [0.25, 0.3) is 0 Å². The van der Waals surface area contributed by atoms with Gasteiger partial charge in [-0.2, -0.15) is 5.10 Å². The van der Waals surface area contributed by atoms with E-state index in [4.69, 9.17) is 11.6 Å². The van der Waals surface area contributed by atoms with E-state index in [2.05, 4.69) is 49.2 Å². The summed E-state index contributed by atoms with van der Waals surface area (Å²) in [4.78, 5) is 3.20. The maximum atomic E-state index is 6.00. The van der Waals surface area contributed by atoms with E-state index < -0.39 is 0 Å². The third-order valence-corrected chi connectivity index (χ3v) is 5.18. The zero-order chi connectivity index (χ0) is 14.8. The van der Waals surface area contributed by atoms with Crippen molar-refractivity contribution in [3.63, 3.8) is 0 Å². The molecule has 1 aliphatic heterocycles. The summed E-state index contributed by atoms with van der Waals surface area (Å²) >= 11 is 11.2. The van der Waals surface area contributed by atoms with Crippen molar-refractivity contribution in [3.05, 3.63) is 58.3 Å². The molecule has 1 aromatic carbocycles. The van der Waals surface area contributed by atoms with E-state index in [0.717, 1.165) is 25.7 Å². The highest BCUT2D eigenvalue weighted by molar-refractivity contribution is 9.10. The van der Waals surface area contributed by atoms with Gasteiger partial charge in [0.05, 0.1) is 27.2 Å². The lowest BCUT2D eigenvalue weighted by Crippen LogP contribution is -2.23. The van der Waals surface area contributed by atoms with Crippen molar-refractivity contribution in [2.75, 3.05) is 7.05 Å². The van der Waals surface area contributed by atoms with Crippen LogP contribution in [0, 0.1) is 0 Å². The van der Waals surface area contributed by atoms with E-state index in [1.54, 1.807) is 11.8 Å². The van der Waals surface area contributed by atoms with Crippen LogP contribution in [0.4, 0.5) is 0 Å². The van der Waals surface area contributed by atoms with Crippen LogP contribution in [0.5, 0.6) is 0 Å². The molecule has 0 radical (unpaired) electrons. The van der Waals surface area contributed by atoms with E-state index >= 15 is 0 Å². The summed E-state index contributed by atoms with van der Waals surface area (Å²) in [5.41, 5.74) is 2.16. The molecule has 1 aliphatic rings. The summed E-state index contributed by atoms with van der Waals surface area (Å²) in [6, 6.07) is 8.19. The molecule has 0 bridgehead atoms.